The number of rotatable bonds is 0. The van der Waals surface area contributed by atoms with Gasteiger partial charge < -0.3 is 0 Å². The van der Waals surface area contributed by atoms with Crippen LogP contribution in [-0.4, -0.2) is 51.2 Å². The van der Waals surface area contributed by atoms with Gasteiger partial charge in [0.2, 0.25) is 0 Å². The van der Waals surface area contributed by atoms with Crippen molar-refractivity contribution in [3.63, 3.8) is 0 Å². The van der Waals surface area contributed by atoms with E-state index in [0.717, 1.165) is 0 Å². The van der Waals surface area contributed by atoms with E-state index in [9.17, 15) is 0 Å². The van der Waals surface area contributed by atoms with Crippen LogP contribution in [-0.2, 0) is 38.9 Å². The van der Waals surface area contributed by atoms with E-state index >= 15 is 0 Å². The molecule has 0 amide bonds. The van der Waals surface area contributed by atoms with Gasteiger partial charge in [0.05, 0.1) is 0 Å². The molecule has 0 rings (SSSR count). The van der Waals surface area contributed by atoms with Crippen molar-refractivity contribution >= 4 is 51.2 Å². The first-order valence-corrected chi connectivity index (χ1v) is 0. The zero-order chi connectivity index (χ0) is 0. The Hall–Kier alpha value is 2.95. The van der Waals surface area contributed by atoms with Crippen LogP contribution in [0.5, 0.6) is 0 Å². The molecule has 0 atom stereocenters. The van der Waals surface area contributed by atoms with Gasteiger partial charge in [0.15, 0.2) is 0 Å². The van der Waals surface area contributed by atoms with Crippen LogP contribution < -0.4 is 0 Å². The predicted octanol–water partition coefficient (Wildman–Crippen LogP) is -0.767. The van der Waals surface area contributed by atoms with Crippen LogP contribution in [0.15, 0.2) is 0 Å². The van der Waals surface area contributed by atoms with Gasteiger partial charge in [-0.1, -0.05) is 0 Å². The molecule has 0 N–H and O–H groups in total. The van der Waals surface area contributed by atoms with E-state index in [4.69, 9.17) is 0 Å². The second-order valence-electron chi connectivity index (χ2n) is 0. The molecular weight excluding hydrogens is 492 g/mol. The van der Waals surface area contributed by atoms with Crippen LogP contribution in [0.4, 0.5) is 0 Å². The van der Waals surface area contributed by atoms with Gasteiger partial charge >= 0.3 is 0 Å². The Morgan fingerprint density at radius 2 is 1.00 bits per heavy atom. The Balaban J connectivity index is 0. The third-order valence-electron chi connectivity index (χ3n) is 0. The Bertz CT molecular complexity index is 8.00. The Morgan fingerprint density at radius 1 is 1.00 bits per heavy atom. The second-order valence-corrected chi connectivity index (χ2v) is 0. The standard InChI is InChI=1S/Ag.Ni.Pb.Sn. The van der Waals surface area contributed by atoms with E-state index in [2.05, 4.69) is 0 Å². The molecule has 0 saturated carbocycles. The van der Waals surface area contributed by atoms with Crippen LogP contribution in [0.1, 0.15) is 0 Å². The minimum Gasteiger partial charge on any atom is 0 e. The second kappa shape index (κ2) is 16.7. The zero-order valence-corrected chi connectivity index (χ0v) is 10.8. The molecule has 0 aliphatic heterocycles. The summed E-state index contributed by atoms with van der Waals surface area (Å²) in [5.74, 6) is 0. The van der Waals surface area contributed by atoms with Gasteiger partial charge in [-0.3, -0.25) is 0 Å². The molecule has 0 nitrogen and oxygen atoms in total. The summed E-state index contributed by atoms with van der Waals surface area (Å²) in [6, 6.07) is 0. The van der Waals surface area contributed by atoms with Gasteiger partial charge in [-0.25, -0.2) is 0 Å². The van der Waals surface area contributed by atoms with Crippen molar-refractivity contribution in [2.45, 2.75) is 0 Å². The quantitative estimate of drug-likeness (QED) is 0.390. The Kier molecular flexibility index (Phi) is 118. The average molecular weight is 492 g/mol. The molecule has 0 fully saturated rings. The first-order valence-electron chi connectivity index (χ1n) is 0. The molecule has 0 saturated heterocycles. The molecule has 4 heavy (non-hydrogen) atoms. The van der Waals surface area contributed by atoms with Crippen molar-refractivity contribution in [3.05, 3.63) is 0 Å². The summed E-state index contributed by atoms with van der Waals surface area (Å²) in [5.41, 5.74) is 0. The third kappa shape index (κ3) is 8.88. The molecule has 29 valence electrons. The van der Waals surface area contributed by atoms with Crippen LogP contribution in [0.25, 0.3) is 0 Å². The topological polar surface area (TPSA) is 0 Å². The van der Waals surface area contributed by atoms with Crippen LogP contribution in [0.2, 0.25) is 0 Å². The zero-order valence-electron chi connectivity index (χ0n) is 1.62. The minimum absolute atomic E-state index is 0. The monoisotopic (exact) mass is 493 g/mol. The van der Waals surface area contributed by atoms with Gasteiger partial charge in [0, 0.05) is 90.1 Å². The smallest absolute Gasteiger partial charge is 0 e. The van der Waals surface area contributed by atoms with Crippen molar-refractivity contribution in [1.29, 1.82) is 0 Å². The normalized spacial score (nSPS) is 0. The summed E-state index contributed by atoms with van der Waals surface area (Å²) in [5, 5.41) is 0. The van der Waals surface area contributed by atoms with Gasteiger partial charge in [-0.05, 0) is 0 Å². The van der Waals surface area contributed by atoms with Crippen LogP contribution in [0, 0.1) is 0 Å². The molecule has 0 aliphatic rings. The van der Waals surface area contributed by atoms with Crippen molar-refractivity contribution in [2.24, 2.45) is 0 Å². The largest absolute Gasteiger partial charge is 0 e. The Morgan fingerprint density at radius 3 is 1.00 bits per heavy atom. The van der Waals surface area contributed by atoms with E-state index in [1.165, 1.54) is 0 Å². The van der Waals surface area contributed by atoms with Gasteiger partial charge in [0.1, 0.15) is 0 Å². The molecule has 0 unspecified atom stereocenters. The van der Waals surface area contributed by atoms with Gasteiger partial charge in [0.25, 0.3) is 0 Å². The first-order chi connectivity index (χ1) is 0. The Labute approximate surface area is 88.4 Å². The molecule has 0 spiro atoms. The fraction of sp³-hybridized carbons (Fsp3) is 0. The molecule has 0 aromatic rings. The van der Waals surface area contributed by atoms with Gasteiger partial charge in [-0.2, -0.15) is 0 Å². The molecule has 0 bridgehead atoms. The van der Waals surface area contributed by atoms with Crippen LogP contribution >= 0.6 is 0 Å². The SMILES string of the molecule is [Ag].[Ni].[Pb].[Sn]. The van der Waals surface area contributed by atoms with Crippen molar-refractivity contribution in [2.75, 3.05) is 0 Å². The fourth-order valence-electron chi connectivity index (χ4n) is 0. The van der Waals surface area contributed by atoms with Crippen molar-refractivity contribution < 1.29 is 38.9 Å². The molecule has 4 heteroatoms. The van der Waals surface area contributed by atoms with Crippen molar-refractivity contribution in [3.8, 4) is 0 Å². The summed E-state index contributed by atoms with van der Waals surface area (Å²) in [4.78, 5) is 0. The molecule has 0 aromatic heterocycles. The average Bonchev–Trinajstić information content (AvgIpc) is 0. The van der Waals surface area contributed by atoms with Crippen LogP contribution in [0.3, 0.4) is 0 Å². The summed E-state index contributed by atoms with van der Waals surface area (Å²) in [6.45, 7) is 0. The summed E-state index contributed by atoms with van der Waals surface area (Å²) in [7, 11) is 0. The maximum atomic E-state index is 0. The first kappa shape index (κ1) is 28.2. The van der Waals surface area contributed by atoms with Crippen molar-refractivity contribution in [1.82, 2.24) is 0 Å². The summed E-state index contributed by atoms with van der Waals surface area (Å²) in [6.07, 6.45) is 0. The van der Waals surface area contributed by atoms with E-state index in [-0.39, 0.29) is 90.1 Å². The van der Waals surface area contributed by atoms with E-state index in [0.29, 0.717) is 0 Å². The molecule has 0 aliphatic carbocycles. The minimum atomic E-state index is 0. The molecule has 0 aromatic carbocycles. The molecular formula is AgNiPbSn. The van der Waals surface area contributed by atoms with E-state index in [1.807, 2.05) is 0 Å². The van der Waals surface area contributed by atoms with E-state index in [1.54, 1.807) is 0 Å². The summed E-state index contributed by atoms with van der Waals surface area (Å²) < 4.78 is 0. The maximum Gasteiger partial charge on any atom is 0 e. The molecule has 0 heterocycles. The number of hydrogen-bond acceptors (Lipinski definition) is 0. The van der Waals surface area contributed by atoms with E-state index < -0.39 is 0 Å². The van der Waals surface area contributed by atoms with Gasteiger partial charge in [-0.15, -0.1) is 0 Å². The predicted molar refractivity (Wildman–Crippen MR) is 11.5 cm³/mol. The third-order valence-corrected chi connectivity index (χ3v) is 0. The fourth-order valence-corrected chi connectivity index (χ4v) is 0. The molecule has 9 radical (unpaired) electrons. The maximum absolute atomic E-state index is 0. The number of hydrogen-bond donors (Lipinski definition) is 0. The summed E-state index contributed by atoms with van der Waals surface area (Å²) >= 11 is 0.